The zero-order valence-corrected chi connectivity index (χ0v) is 20.0. The first-order valence-electron chi connectivity index (χ1n) is 9.83. The molecule has 0 atom stereocenters. The van der Waals surface area contributed by atoms with Crippen molar-refractivity contribution in [1.29, 1.82) is 0 Å². The second kappa shape index (κ2) is 16.4. The lowest BCUT2D eigenvalue weighted by atomic mass is 10.1. The van der Waals surface area contributed by atoms with Gasteiger partial charge in [0.2, 0.25) is 0 Å². The highest BCUT2D eigenvalue weighted by molar-refractivity contribution is 14.0. The summed E-state index contributed by atoms with van der Waals surface area (Å²) in [4.78, 5) is 15.7. The first-order chi connectivity index (χ1) is 13.1. The molecule has 1 rings (SSSR count). The van der Waals surface area contributed by atoms with E-state index in [1.54, 1.807) is 7.11 Å². The van der Waals surface area contributed by atoms with Crippen LogP contribution in [-0.2, 0) is 16.0 Å². The van der Waals surface area contributed by atoms with Gasteiger partial charge in [0, 0.05) is 26.1 Å². The summed E-state index contributed by atoms with van der Waals surface area (Å²) < 4.78 is 10.0. The number of aryl methyl sites for hydroxylation is 1. The maximum Gasteiger partial charge on any atom is 0.305 e. The SMILES string of the molecule is CCNC(=NCCCCCCC(=O)OC)NCCc1ccc(C)c(OC)c1.I. The van der Waals surface area contributed by atoms with Gasteiger partial charge < -0.3 is 20.1 Å². The van der Waals surface area contributed by atoms with Crippen LogP contribution in [-0.4, -0.2) is 45.8 Å². The number of ether oxygens (including phenoxy) is 2. The Labute approximate surface area is 186 Å². The van der Waals surface area contributed by atoms with Gasteiger partial charge in [-0.15, -0.1) is 24.0 Å². The third-order valence-electron chi connectivity index (χ3n) is 4.31. The molecule has 0 saturated heterocycles. The lowest BCUT2D eigenvalue weighted by Crippen LogP contribution is -2.38. The second-order valence-electron chi connectivity index (χ2n) is 6.48. The first-order valence-corrected chi connectivity index (χ1v) is 9.83. The minimum atomic E-state index is -0.127. The maximum atomic E-state index is 11.0. The lowest BCUT2D eigenvalue weighted by Gasteiger charge is -2.12. The molecule has 0 aliphatic rings. The summed E-state index contributed by atoms with van der Waals surface area (Å²) in [5.74, 6) is 1.66. The van der Waals surface area contributed by atoms with Gasteiger partial charge in [0.05, 0.1) is 14.2 Å². The molecule has 2 N–H and O–H groups in total. The zero-order chi connectivity index (χ0) is 19.9. The average molecular weight is 505 g/mol. The van der Waals surface area contributed by atoms with Crippen molar-refractivity contribution in [2.45, 2.75) is 52.4 Å². The van der Waals surface area contributed by atoms with Gasteiger partial charge in [0.1, 0.15) is 5.75 Å². The minimum absolute atomic E-state index is 0. The summed E-state index contributed by atoms with van der Waals surface area (Å²) in [5.41, 5.74) is 2.39. The number of rotatable bonds is 12. The van der Waals surface area contributed by atoms with Gasteiger partial charge in [-0.2, -0.15) is 0 Å². The molecule has 7 heteroatoms. The van der Waals surface area contributed by atoms with Gasteiger partial charge in [-0.05, 0) is 50.3 Å². The van der Waals surface area contributed by atoms with Crippen LogP contribution >= 0.6 is 24.0 Å². The minimum Gasteiger partial charge on any atom is -0.496 e. The van der Waals surface area contributed by atoms with Crippen molar-refractivity contribution in [2.75, 3.05) is 33.9 Å². The Kier molecular flexibility index (Phi) is 15.6. The Morgan fingerprint density at radius 3 is 2.54 bits per heavy atom. The van der Waals surface area contributed by atoms with Crippen LogP contribution < -0.4 is 15.4 Å². The van der Waals surface area contributed by atoms with E-state index in [1.807, 2.05) is 6.92 Å². The number of carbonyl (C=O) groups is 1. The summed E-state index contributed by atoms with van der Waals surface area (Å²) in [7, 11) is 3.14. The van der Waals surface area contributed by atoms with Crippen LogP contribution in [0.1, 0.15) is 50.2 Å². The van der Waals surface area contributed by atoms with E-state index in [1.165, 1.54) is 12.7 Å². The second-order valence-corrected chi connectivity index (χ2v) is 6.48. The van der Waals surface area contributed by atoms with Crippen LogP contribution in [0.3, 0.4) is 0 Å². The summed E-state index contributed by atoms with van der Waals surface area (Å²) >= 11 is 0. The molecule has 0 fully saturated rings. The van der Waals surface area contributed by atoms with Crippen molar-refractivity contribution in [3.8, 4) is 5.75 Å². The van der Waals surface area contributed by atoms with Gasteiger partial charge in [0.25, 0.3) is 0 Å². The number of unbranched alkanes of at least 4 members (excludes halogenated alkanes) is 3. The number of hydrogen-bond acceptors (Lipinski definition) is 4. The smallest absolute Gasteiger partial charge is 0.305 e. The highest BCUT2D eigenvalue weighted by Gasteiger charge is 2.02. The van der Waals surface area contributed by atoms with E-state index in [0.29, 0.717) is 6.42 Å². The number of nitrogens with zero attached hydrogens (tertiary/aromatic N) is 1. The predicted molar refractivity (Wildman–Crippen MR) is 126 cm³/mol. The Bertz CT molecular complexity index is 594. The Morgan fingerprint density at radius 1 is 1.11 bits per heavy atom. The standard InChI is InChI=1S/C21H35N3O3.HI/c1-5-22-21(23-14-9-7-6-8-10-20(25)27-4)24-15-13-18-12-11-17(2)19(16-18)26-3;/h11-12,16H,5-10,13-15H2,1-4H3,(H2,22,23,24);1H. The average Bonchev–Trinajstić information content (AvgIpc) is 2.68. The molecule has 0 radical (unpaired) electrons. The Hall–Kier alpha value is -1.51. The number of benzene rings is 1. The van der Waals surface area contributed by atoms with Gasteiger partial charge >= 0.3 is 5.97 Å². The predicted octanol–water partition coefficient (Wildman–Crippen LogP) is 3.84. The molecule has 0 amide bonds. The molecule has 28 heavy (non-hydrogen) atoms. The molecule has 0 spiro atoms. The van der Waals surface area contributed by atoms with Crippen molar-refractivity contribution in [1.82, 2.24) is 10.6 Å². The number of nitrogens with one attached hydrogen (secondary N) is 2. The number of methoxy groups -OCH3 is 2. The van der Waals surface area contributed by atoms with Crippen molar-refractivity contribution >= 4 is 35.9 Å². The number of aliphatic imine (C=N–C) groups is 1. The van der Waals surface area contributed by atoms with Crippen LogP contribution in [0.4, 0.5) is 0 Å². The zero-order valence-electron chi connectivity index (χ0n) is 17.7. The number of hydrogen-bond donors (Lipinski definition) is 2. The Balaban J connectivity index is 0.00000729. The fourth-order valence-corrected chi connectivity index (χ4v) is 2.71. The molecular weight excluding hydrogens is 469 g/mol. The van der Waals surface area contributed by atoms with Gasteiger partial charge in [0.15, 0.2) is 5.96 Å². The number of halogens is 1. The molecule has 0 saturated carbocycles. The molecule has 6 nitrogen and oxygen atoms in total. The molecule has 1 aromatic rings. The highest BCUT2D eigenvalue weighted by Crippen LogP contribution is 2.18. The van der Waals surface area contributed by atoms with Gasteiger partial charge in [-0.25, -0.2) is 0 Å². The third-order valence-corrected chi connectivity index (χ3v) is 4.31. The van der Waals surface area contributed by atoms with Crippen LogP contribution in [0, 0.1) is 6.92 Å². The monoisotopic (exact) mass is 505 g/mol. The van der Waals surface area contributed by atoms with E-state index in [9.17, 15) is 4.79 Å². The van der Waals surface area contributed by atoms with Crippen LogP contribution in [0.5, 0.6) is 5.75 Å². The van der Waals surface area contributed by atoms with E-state index < -0.39 is 0 Å². The molecule has 0 aromatic heterocycles. The van der Waals surface area contributed by atoms with Crippen LogP contribution in [0.25, 0.3) is 0 Å². The molecular formula is C21H36IN3O3. The van der Waals surface area contributed by atoms with Gasteiger partial charge in [-0.3, -0.25) is 9.79 Å². The number of esters is 1. The molecule has 0 heterocycles. The molecule has 0 aliphatic heterocycles. The fourth-order valence-electron chi connectivity index (χ4n) is 2.71. The molecule has 1 aromatic carbocycles. The lowest BCUT2D eigenvalue weighted by molar-refractivity contribution is -0.140. The van der Waals surface area contributed by atoms with Crippen molar-refractivity contribution in [2.24, 2.45) is 4.99 Å². The quantitative estimate of drug-likeness (QED) is 0.149. The van der Waals surface area contributed by atoms with E-state index in [-0.39, 0.29) is 29.9 Å². The summed E-state index contributed by atoms with van der Waals surface area (Å²) in [5, 5.41) is 6.66. The van der Waals surface area contributed by atoms with E-state index >= 15 is 0 Å². The van der Waals surface area contributed by atoms with Crippen molar-refractivity contribution in [3.63, 3.8) is 0 Å². The first kappa shape index (κ1) is 26.5. The number of guanidine groups is 1. The van der Waals surface area contributed by atoms with Crippen LogP contribution in [0.2, 0.25) is 0 Å². The van der Waals surface area contributed by atoms with Crippen LogP contribution in [0.15, 0.2) is 23.2 Å². The van der Waals surface area contributed by atoms with E-state index in [2.05, 4.69) is 45.5 Å². The topological polar surface area (TPSA) is 72.0 Å². The maximum absolute atomic E-state index is 11.0. The largest absolute Gasteiger partial charge is 0.496 e. The highest BCUT2D eigenvalue weighted by atomic mass is 127. The molecule has 160 valence electrons. The normalized spacial score (nSPS) is 10.8. The molecule has 0 bridgehead atoms. The summed E-state index contributed by atoms with van der Waals surface area (Å²) in [6.45, 7) is 6.55. The third kappa shape index (κ3) is 11.4. The fraction of sp³-hybridized carbons (Fsp3) is 0.619. The molecule has 0 aliphatic carbocycles. The summed E-state index contributed by atoms with van der Waals surface area (Å²) in [6, 6.07) is 6.32. The van der Waals surface area contributed by atoms with E-state index in [4.69, 9.17) is 4.74 Å². The van der Waals surface area contributed by atoms with Crippen molar-refractivity contribution in [3.05, 3.63) is 29.3 Å². The number of carbonyl (C=O) groups excluding carboxylic acids is 1. The summed E-state index contributed by atoms with van der Waals surface area (Å²) in [6.07, 6.45) is 5.43. The van der Waals surface area contributed by atoms with E-state index in [0.717, 1.165) is 69.0 Å². The Morgan fingerprint density at radius 2 is 1.86 bits per heavy atom. The van der Waals surface area contributed by atoms with Gasteiger partial charge in [-0.1, -0.05) is 25.0 Å². The van der Waals surface area contributed by atoms with Crippen molar-refractivity contribution < 1.29 is 14.3 Å². The molecule has 0 unspecified atom stereocenters.